The summed E-state index contributed by atoms with van der Waals surface area (Å²) in [5, 5.41) is 14.4. The number of hydrogen-bond acceptors (Lipinski definition) is 5. The summed E-state index contributed by atoms with van der Waals surface area (Å²) in [5.74, 6) is -1.25. The summed E-state index contributed by atoms with van der Waals surface area (Å²) in [6.07, 6.45) is -1.36. The molecule has 1 atom stereocenters. The smallest absolute Gasteiger partial charge is 0.248 e. The number of rotatable bonds is 6. The van der Waals surface area contributed by atoms with E-state index in [1.54, 1.807) is 0 Å². The minimum Gasteiger partial charge on any atom is -0.381 e. The van der Waals surface area contributed by atoms with Crippen molar-refractivity contribution < 1.29 is 19.4 Å². The van der Waals surface area contributed by atoms with Gasteiger partial charge in [0.15, 0.2) is 0 Å². The first kappa shape index (κ1) is 12.9. The van der Waals surface area contributed by atoms with E-state index in [1.807, 2.05) is 6.92 Å². The van der Waals surface area contributed by atoms with Crippen LogP contribution in [0.2, 0.25) is 0 Å². The van der Waals surface area contributed by atoms with Crippen molar-refractivity contribution in [2.75, 3.05) is 26.2 Å². The molecule has 1 fully saturated rings. The highest BCUT2D eigenvalue weighted by Crippen LogP contribution is 2.14. The predicted octanol–water partition coefficient (Wildman–Crippen LogP) is -2.67. The first-order valence-corrected chi connectivity index (χ1v) is 5.02. The Kier molecular flexibility index (Phi) is 4.22. The monoisotopic (exact) mass is 231 g/mol. The number of aliphatic hydroxyl groups is 1. The molecule has 0 aromatic heterocycles. The van der Waals surface area contributed by atoms with E-state index in [1.165, 1.54) is 0 Å². The van der Waals surface area contributed by atoms with Gasteiger partial charge < -0.3 is 26.2 Å². The van der Waals surface area contributed by atoms with Gasteiger partial charge in [-0.05, 0) is 6.92 Å². The van der Waals surface area contributed by atoms with E-state index in [0.717, 1.165) is 0 Å². The zero-order valence-corrected chi connectivity index (χ0v) is 9.16. The maximum atomic E-state index is 11.2. The average Bonchev–Trinajstić information content (AvgIpc) is 2.19. The van der Waals surface area contributed by atoms with Crippen LogP contribution < -0.4 is 16.4 Å². The van der Waals surface area contributed by atoms with Crippen LogP contribution in [0.3, 0.4) is 0 Å². The Labute approximate surface area is 93.3 Å². The van der Waals surface area contributed by atoms with Crippen molar-refractivity contribution >= 4 is 11.8 Å². The highest BCUT2D eigenvalue weighted by molar-refractivity contribution is 5.81. The fraction of sp³-hybridized carbons (Fsp3) is 0.778. The third-order valence-electron chi connectivity index (χ3n) is 2.37. The lowest BCUT2D eigenvalue weighted by atomic mass is 10.0. The quantitative estimate of drug-likeness (QED) is 0.398. The average molecular weight is 231 g/mol. The number of nitrogens with one attached hydrogen (secondary N) is 2. The minimum atomic E-state index is -1.36. The Morgan fingerprint density at radius 2 is 2.25 bits per heavy atom. The number of nitrogens with two attached hydrogens (primary N) is 1. The Morgan fingerprint density at radius 3 is 2.69 bits per heavy atom. The van der Waals surface area contributed by atoms with E-state index in [-0.39, 0.29) is 24.7 Å². The lowest BCUT2D eigenvalue weighted by Gasteiger charge is -2.38. The lowest BCUT2D eigenvalue weighted by molar-refractivity contribution is -0.136. The van der Waals surface area contributed by atoms with Crippen LogP contribution in [0.1, 0.15) is 6.92 Å². The molecule has 2 amide bonds. The Bertz CT molecular complexity index is 278. The van der Waals surface area contributed by atoms with Gasteiger partial charge in [0.2, 0.25) is 11.8 Å². The first-order chi connectivity index (χ1) is 7.43. The first-order valence-electron chi connectivity index (χ1n) is 5.02. The second-order valence-corrected chi connectivity index (χ2v) is 4.06. The van der Waals surface area contributed by atoms with Crippen molar-refractivity contribution in [3.63, 3.8) is 0 Å². The van der Waals surface area contributed by atoms with E-state index in [0.29, 0.717) is 13.1 Å². The molecule has 92 valence electrons. The third-order valence-corrected chi connectivity index (χ3v) is 2.37. The van der Waals surface area contributed by atoms with Gasteiger partial charge in [-0.25, -0.2) is 0 Å². The molecular weight excluding hydrogens is 214 g/mol. The summed E-state index contributed by atoms with van der Waals surface area (Å²) in [4.78, 5) is 21.7. The van der Waals surface area contributed by atoms with E-state index in [2.05, 4.69) is 10.6 Å². The summed E-state index contributed by atoms with van der Waals surface area (Å²) in [7, 11) is 0. The summed E-state index contributed by atoms with van der Waals surface area (Å²) in [6, 6.07) is 0. The molecule has 0 spiro atoms. The number of ether oxygens (including phenoxy) is 1. The van der Waals surface area contributed by atoms with Gasteiger partial charge in [0.05, 0.1) is 12.1 Å². The van der Waals surface area contributed by atoms with Crippen LogP contribution in [0, 0.1) is 0 Å². The number of amides is 2. The molecule has 0 aromatic carbocycles. The van der Waals surface area contributed by atoms with Gasteiger partial charge in [-0.3, -0.25) is 9.59 Å². The van der Waals surface area contributed by atoms with Crippen molar-refractivity contribution in [1.29, 1.82) is 0 Å². The van der Waals surface area contributed by atoms with Crippen LogP contribution in [0.4, 0.5) is 0 Å². The van der Waals surface area contributed by atoms with Crippen molar-refractivity contribution in [2.24, 2.45) is 5.73 Å². The highest BCUT2D eigenvalue weighted by atomic mass is 16.5. The Hall–Kier alpha value is -1.18. The number of primary amides is 1. The Balaban J connectivity index is 2.13. The normalized spacial score (nSPS) is 19.6. The van der Waals surface area contributed by atoms with Crippen LogP contribution in [-0.2, 0) is 14.3 Å². The van der Waals surface area contributed by atoms with Crippen molar-refractivity contribution in [3.8, 4) is 0 Å². The molecule has 1 aliphatic heterocycles. The zero-order valence-electron chi connectivity index (χ0n) is 9.16. The van der Waals surface area contributed by atoms with Crippen LogP contribution in [0.5, 0.6) is 0 Å². The van der Waals surface area contributed by atoms with Gasteiger partial charge in [-0.15, -0.1) is 0 Å². The number of carbonyl (C=O) groups excluding carboxylic acids is 2. The number of carbonyl (C=O) groups is 2. The predicted molar refractivity (Wildman–Crippen MR) is 55.4 cm³/mol. The van der Waals surface area contributed by atoms with Crippen LogP contribution in [0.25, 0.3) is 0 Å². The van der Waals surface area contributed by atoms with Crippen molar-refractivity contribution in [2.45, 2.75) is 18.6 Å². The van der Waals surface area contributed by atoms with Crippen molar-refractivity contribution in [1.82, 2.24) is 10.6 Å². The molecule has 0 saturated carbocycles. The van der Waals surface area contributed by atoms with Crippen molar-refractivity contribution in [3.05, 3.63) is 0 Å². The standard InChI is InChI=1S/C9H17N3O4/c1-9(4-11-5-9)16-3-7(14)12-2-6(13)8(10)15/h6,11,13H,2-5H2,1H3,(H2,10,15)(H,12,14). The SMILES string of the molecule is CC1(OCC(=O)NCC(O)C(N)=O)CNC1. The second-order valence-electron chi connectivity index (χ2n) is 4.06. The van der Waals surface area contributed by atoms with Gasteiger partial charge in [0, 0.05) is 13.1 Å². The lowest BCUT2D eigenvalue weighted by Crippen LogP contribution is -2.59. The molecule has 16 heavy (non-hydrogen) atoms. The maximum Gasteiger partial charge on any atom is 0.248 e. The second kappa shape index (κ2) is 5.24. The minimum absolute atomic E-state index is 0.0936. The van der Waals surface area contributed by atoms with E-state index in [4.69, 9.17) is 15.6 Å². The molecule has 1 heterocycles. The molecule has 1 unspecified atom stereocenters. The summed E-state index contributed by atoms with van der Waals surface area (Å²) < 4.78 is 5.35. The fourth-order valence-electron chi connectivity index (χ4n) is 1.18. The van der Waals surface area contributed by atoms with E-state index in [9.17, 15) is 9.59 Å². The molecule has 0 aromatic rings. The summed E-state index contributed by atoms with van der Waals surface area (Å²) in [6.45, 7) is 3.04. The molecule has 0 bridgehead atoms. The maximum absolute atomic E-state index is 11.2. The van der Waals surface area contributed by atoms with E-state index < -0.39 is 12.0 Å². The molecule has 5 N–H and O–H groups in total. The molecular formula is C9H17N3O4. The number of aliphatic hydroxyl groups excluding tert-OH is 1. The topological polar surface area (TPSA) is 114 Å². The fourth-order valence-corrected chi connectivity index (χ4v) is 1.18. The molecule has 1 rings (SSSR count). The molecule has 0 aliphatic carbocycles. The summed E-state index contributed by atoms with van der Waals surface area (Å²) >= 11 is 0. The molecule has 1 saturated heterocycles. The highest BCUT2D eigenvalue weighted by Gasteiger charge is 2.33. The molecule has 7 nitrogen and oxygen atoms in total. The van der Waals surface area contributed by atoms with Gasteiger partial charge >= 0.3 is 0 Å². The zero-order chi connectivity index (χ0) is 12.2. The molecule has 0 radical (unpaired) electrons. The van der Waals surface area contributed by atoms with Crippen LogP contribution >= 0.6 is 0 Å². The van der Waals surface area contributed by atoms with Gasteiger partial charge in [0.1, 0.15) is 12.7 Å². The summed E-state index contributed by atoms with van der Waals surface area (Å²) in [5.41, 5.74) is 4.52. The number of hydrogen-bond donors (Lipinski definition) is 4. The van der Waals surface area contributed by atoms with E-state index >= 15 is 0 Å². The van der Waals surface area contributed by atoms with Crippen LogP contribution in [-0.4, -0.2) is 54.9 Å². The van der Waals surface area contributed by atoms with Gasteiger partial charge in [0.25, 0.3) is 0 Å². The van der Waals surface area contributed by atoms with Gasteiger partial charge in [-0.1, -0.05) is 0 Å². The van der Waals surface area contributed by atoms with Crippen LogP contribution in [0.15, 0.2) is 0 Å². The largest absolute Gasteiger partial charge is 0.381 e. The third kappa shape index (κ3) is 3.76. The molecule has 1 aliphatic rings. The van der Waals surface area contributed by atoms with Gasteiger partial charge in [-0.2, -0.15) is 0 Å². The molecule has 7 heteroatoms. The Morgan fingerprint density at radius 1 is 1.62 bits per heavy atom.